The van der Waals surface area contributed by atoms with Gasteiger partial charge in [-0.25, -0.2) is 4.39 Å². The number of halogens is 1. The van der Waals surface area contributed by atoms with Crippen molar-refractivity contribution < 1.29 is 9.13 Å². The maximum Gasteiger partial charge on any atom is 0.223 e. The van der Waals surface area contributed by atoms with Gasteiger partial charge in [0.15, 0.2) is 5.50 Å². The standard InChI is InChI=1S/C12H15FOS2/c1-2-3-9-14-12(15)16-11(13)10-7-5-4-6-8-10/h4-8,11H,2-3,9H2,1H3. The molecule has 0 radical (unpaired) electrons. The molecule has 0 fully saturated rings. The highest BCUT2D eigenvalue weighted by Crippen LogP contribution is 2.31. The number of rotatable bonds is 5. The Morgan fingerprint density at radius 2 is 2.12 bits per heavy atom. The van der Waals surface area contributed by atoms with E-state index in [9.17, 15) is 4.39 Å². The number of thioether (sulfide) groups is 1. The molecule has 88 valence electrons. The van der Waals surface area contributed by atoms with Crippen LogP contribution in [0.1, 0.15) is 30.8 Å². The largest absolute Gasteiger partial charge is 0.479 e. The third-order valence-corrected chi connectivity index (χ3v) is 3.18. The second-order valence-electron chi connectivity index (χ2n) is 3.30. The monoisotopic (exact) mass is 258 g/mol. The second-order valence-corrected chi connectivity index (χ2v) is 4.95. The Balaban J connectivity index is 2.34. The molecule has 0 aliphatic carbocycles. The van der Waals surface area contributed by atoms with E-state index in [1.54, 1.807) is 12.1 Å². The zero-order valence-electron chi connectivity index (χ0n) is 9.19. The third kappa shape index (κ3) is 4.94. The van der Waals surface area contributed by atoms with Gasteiger partial charge in [-0.15, -0.1) is 0 Å². The summed E-state index contributed by atoms with van der Waals surface area (Å²) in [7, 11) is 0. The minimum Gasteiger partial charge on any atom is -0.479 e. The van der Waals surface area contributed by atoms with Crippen LogP contribution in [0.2, 0.25) is 0 Å². The number of ether oxygens (including phenoxy) is 1. The van der Waals surface area contributed by atoms with Crippen LogP contribution in [0.25, 0.3) is 0 Å². The molecule has 1 aromatic carbocycles. The van der Waals surface area contributed by atoms with E-state index < -0.39 is 5.50 Å². The number of thiocarbonyl (C=S) groups is 1. The van der Waals surface area contributed by atoms with Gasteiger partial charge in [0, 0.05) is 0 Å². The van der Waals surface area contributed by atoms with Crippen molar-refractivity contribution in [3.8, 4) is 0 Å². The number of hydrogen-bond acceptors (Lipinski definition) is 3. The Bertz CT molecular complexity index is 316. The van der Waals surface area contributed by atoms with Crippen LogP contribution < -0.4 is 0 Å². The summed E-state index contributed by atoms with van der Waals surface area (Å²) in [6.45, 7) is 2.64. The summed E-state index contributed by atoms with van der Waals surface area (Å²) in [5.41, 5.74) is -0.524. The fraction of sp³-hybridized carbons (Fsp3) is 0.417. The van der Waals surface area contributed by atoms with E-state index in [1.165, 1.54) is 0 Å². The van der Waals surface area contributed by atoms with E-state index in [2.05, 4.69) is 6.92 Å². The van der Waals surface area contributed by atoms with Gasteiger partial charge in [0.1, 0.15) is 0 Å². The lowest BCUT2D eigenvalue weighted by molar-refractivity contribution is 0.312. The van der Waals surface area contributed by atoms with Crippen LogP contribution in [0, 0.1) is 0 Å². The Labute approximate surface area is 105 Å². The van der Waals surface area contributed by atoms with Crippen molar-refractivity contribution in [1.82, 2.24) is 0 Å². The van der Waals surface area contributed by atoms with E-state index in [0.717, 1.165) is 24.6 Å². The third-order valence-electron chi connectivity index (χ3n) is 1.98. The highest BCUT2D eigenvalue weighted by Gasteiger charge is 2.13. The lowest BCUT2D eigenvalue weighted by atomic mass is 10.2. The van der Waals surface area contributed by atoms with Crippen LogP contribution in [0.15, 0.2) is 30.3 Å². The molecule has 0 aliphatic heterocycles. The maximum atomic E-state index is 13.7. The summed E-state index contributed by atoms with van der Waals surface area (Å²) in [4.78, 5) is 0. The van der Waals surface area contributed by atoms with Gasteiger partial charge in [-0.05, 0) is 36.0 Å². The Kier molecular flexibility index (Phi) is 6.42. The SMILES string of the molecule is CCCCOC(=S)SC(F)c1ccccc1. The minimum absolute atomic E-state index is 0.282. The van der Waals surface area contributed by atoms with Gasteiger partial charge in [-0.2, -0.15) is 0 Å². The summed E-state index contributed by atoms with van der Waals surface area (Å²) in [6, 6.07) is 8.96. The number of hydrogen-bond donors (Lipinski definition) is 0. The fourth-order valence-electron chi connectivity index (χ4n) is 1.09. The molecule has 4 heteroatoms. The zero-order chi connectivity index (χ0) is 11.8. The average molecular weight is 258 g/mol. The van der Waals surface area contributed by atoms with Crippen molar-refractivity contribution in [3.05, 3.63) is 35.9 Å². The first-order chi connectivity index (χ1) is 7.74. The molecule has 0 bridgehead atoms. The predicted octanol–water partition coefficient (Wildman–Crippen LogP) is 4.49. The molecular weight excluding hydrogens is 243 g/mol. The molecule has 1 unspecified atom stereocenters. The van der Waals surface area contributed by atoms with Crippen LogP contribution in [-0.2, 0) is 4.74 Å². The van der Waals surface area contributed by atoms with Crippen molar-refractivity contribution in [2.24, 2.45) is 0 Å². The van der Waals surface area contributed by atoms with Gasteiger partial charge in [0.05, 0.1) is 6.61 Å². The summed E-state index contributed by atoms with van der Waals surface area (Å²) in [6.07, 6.45) is 1.99. The summed E-state index contributed by atoms with van der Waals surface area (Å²) in [5.74, 6) is 0. The van der Waals surface area contributed by atoms with E-state index >= 15 is 0 Å². The normalized spacial score (nSPS) is 12.1. The molecule has 1 nitrogen and oxygen atoms in total. The van der Waals surface area contributed by atoms with Crippen LogP contribution in [0.3, 0.4) is 0 Å². The summed E-state index contributed by atoms with van der Waals surface area (Å²) >= 11 is 5.89. The lowest BCUT2D eigenvalue weighted by Crippen LogP contribution is -2.01. The molecule has 0 aliphatic rings. The molecule has 0 aromatic heterocycles. The van der Waals surface area contributed by atoms with Crippen molar-refractivity contribution in [2.75, 3.05) is 6.61 Å². The molecule has 0 spiro atoms. The Morgan fingerprint density at radius 1 is 1.44 bits per heavy atom. The molecule has 0 saturated carbocycles. The molecule has 0 heterocycles. The minimum atomic E-state index is -1.14. The van der Waals surface area contributed by atoms with Crippen molar-refractivity contribution in [1.29, 1.82) is 0 Å². The van der Waals surface area contributed by atoms with Gasteiger partial charge < -0.3 is 4.74 Å². The molecule has 1 atom stereocenters. The molecule has 16 heavy (non-hydrogen) atoms. The molecule has 0 N–H and O–H groups in total. The highest BCUT2D eigenvalue weighted by molar-refractivity contribution is 8.22. The van der Waals surface area contributed by atoms with Crippen LogP contribution in [-0.4, -0.2) is 11.0 Å². The van der Waals surface area contributed by atoms with Crippen molar-refractivity contribution in [3.63, 3.8) is 0 Å². The van der Waals surface area contributed by atoms with Crippen molar-refractivity contribution >= 4 is 28.4 Å². The topological polar surface area (TPSA) is 9.23 Å². The van der Waals surface area contributed by atoms with E-state index in [4.69, 9.17) is 17.0 Å². The van der Waals surface area contributed by atoms with Crippen LogP contribution in [0.5, 0.6) is 0 Å². The van der Waals surface area contributed by atoms with E-state index in [-0.39, 0.29) is 4.38 Å². The molecule has 1 aromatic rings. The average Bonchev–Trinajstić information content (AvgIpc) is 2.30. The first kappa shape index (κ1) is 13.5. The van der Waals surface area contributed by atoms with Gasteiger partial charge in [0.2, 0.25) is 4.38 Å². The Morgan fingerprint density at radius 3 is 2.75 bits per heavy atom. The van der Waals surface area contributed by atoms with Crippen LogP contribution in [0.4, 0.5) is 4.39 Å². The quantitative estimate of drug-likeness (QED) is 0.569. The van der Waals surface area contributed by atoms with E-state index in [1.807, 2.05) is 18.2 Å². The van der Waals surface area contributed by atoms with Gasteiger partial charge in [0.25, 0.3) is 0 Å². The summed E-state index contributed by atoms with van der Waals surface area (Å²) in [5, 5.41) is 0. The van der Waals surface area contributed by atoms with Crippen molar-refractivity contribution in [2.45, 2.75) is 25.3 Å². The molecule has 0 saturated heterocycles. The van der Waals surface area contributed by atoms with E-state index in [0.29, 0.717) is 12.2 Å². The lowest BCUT2D eigenvalue weighted by Gasteiger charge is -2.09. The molecular formula is C12H15FOS2. The number of alkyl halides is 1. The Hall–Kier alpha value is -0.610. The molecule has 0 amide bonds. The molecule has 1 rings (SSSR count). The highest BCUT2D eigenvalue weighted by atomic mass is 32.2. The first-order valence-electron chi connectivity index (χ1n) is 5.26. The van der Waals surface area contributed by atoms with Crippen LogP contribution >= 0.6 is 24.0 Å². The fourth-order valence-corrected chi connectivity index (χ4v) is 2.04. The zero-order valence-corrected chi connectivity index (χ0v) is 10.8. The summed E-state index contributed by atoms with van der Waals surface area (Å²) < 4.78 is 19.2. The first-order valence-corrected chi connectivity index (χ1v) is 6.55. The maximum absolute atomic E-state index is 13.7. The number of benzene rings is 1. The number of unbranched alkanes of at least 4 members (excludes halogenated alkanes) is 1. The van der Waals surface area contributed by atoms with Gasteiger partial charge in [-0.3, -0.25) is 0 Å². The second kappa shape index (κ2) is 7.63. The smallest absolute Gasteiger partial charge is 0.223 e. The van der Waals surface area contributed by atoms with Gasteiger partial charge in [-0.1, -0.05) is 43.7 Å². The van der Waals surface area contributed by atoms with Gasteiger partial charge >= 0.3 is 0 Å². The predicted molar refractivity (Wildman–Crippen MR) is 71.3 cm³/mol.